The number of hydrogen-bond acceptors (Lipinski definition) is 4. The zero-order chi connectivity index (χ0) is 17.9. The van der Waals surface area contributed by atoms with E-state index in [0.29, 0.717) is 23.2 Å². The maximum Gasteiger partial charge on any atom is 0.244 e. The SMILES string of the molecule is CCn1cc(S(=O)(=O)N[C@H]2CCCN(C3CCCCCC3)C2)c(C)n1. The van der Waals surface area contributed by atoms with E-state index in [-0.39, 0.29) is 6.04 Å². The number of nitrogens with one attached hydrogen (secondary N) is 1. The van der Waals surface area contributed by atoms with E-state index in [1.807, 2.05) is 6.92 Å². The van der Waals surface area contributed by atoms with Crippen molar-refractivity contribution in [2.45, 2.75) is 88.7 Å². The molecule has 1 aliphatic carbocycles. The van der Waals surface area contributed by atoms with E-state index < -0.39 is 10.0 Å². The van der Waals surface area contributed by atoms with Crippen molar-refractivity contribution in [3.63, 3.8) is 0 Å². The van der Waals surface area contributed by atoms with Gasteiger partial charge in [-0.05, 0) is 46.1 Å². The first kappa shape index (κ1) is 18.9. The lowest BCUT2D eigenvalue weighted by Crippen LogP contribution is -2.50. The zero-order valence-corrected chi connectivity index (χ0v) is 16.4. The number of sulfonamides is 1. The van der Waals surface area contributed by atoms with E-state index in [1.165, 1.54) is 38.5 Å². The number of hydrogen-bond donors (Lipinski definition) is 1. The van der Waals surface area contributed by atoms with Gasteiger partial charge in [0.2, 0.25) is 10.0 Å². The van der Waals surface area contributed by atoms with Crippen LogP contribution < -0.4 is 4.72 Å². The van der Waals surface area contributed by atoms with Crippen LogP contribution in [0.3, 0.4) is 0 Å². The minimum absolute atomic E-state index is 0.00591. The minimum Gasteiger partial charge on any atom is -0.299 e. The van der Waals surface area contributed by atoms with E-state index >= 15 is 0 Å². The van der Waals surface area contributed by atoms with Gasteiger partial charge in [-0.15, -0.1) is 0 Å². The average molecular weight is 369 g/mol. The second-order valence-corrected chi connectivity index (χ2v) is 9.22. The van der Waals surface area contributed by atoms with Crippen LogP contribution in [0.5, 0.6) is 0 Å². The monoisotopic (exact) mass is 368 g/mol. The van der Waals surface area contributed by atoms with Gasteiger partial charge in [-0.25, -0.2) is 13.1 Å². The molecule has 0 amide bonds. The molecule has 142 valence electrons. The first-order valence-corrected chi connectivity index (χ1v) is 11.3. The smallest absolute Gasteiger partial charge is 0.244 e. The fourth-order valence-corrected chi connectivity index (χ4v) is 5.71. The van der Waals surface area contributed by atoms with Crippen molar-refractivity contribution in [3.8, 4) is 0 Å². The van der Waals surface area contributed by atoms with Gasteiger partial charge in [0, 0.05) is 31.4 Å². The van der Waals surface area contributed by atoms with Crippen molar-refractivity contribution >= 4 is 10.0 Å². The summed E-state index contributed by atoms with van der Waals surface area (Å²) in [6, 6.07) is 0.644. The number of aromatic nitrogens is 2. The van der Waals surface area contributed by atoms with Gasteiger partial charge in [0.05, 0.1) is 5.69 Å². The summed E-state index contributed by atoms with van der Waals surface area (Å²) in [7, 11) is -3.50. The van der Waals surface area contributed by atoms with E-state index in [4.69, 9.17) is 0 Å². The fourth-order valence-electron chi connectivity index (χ4n) is 4.27. The van der Waals surface area contributed by atoms with Gasteiger partial charge in [-0.3, -0.25) is 9.58 Å². The lowest BCUT2D eigenvalue weighted by atomic mass is 10.0. The van der Waals surface area contributed by atoms with Crippen molar-refractivity contribution in [3.05, 3.63) is 11.9 Å². The van der Waals surface area contributed by atoms with Crippen molar-refractivity contribution in [2.75, 3.05) is 13.1 Å². The predicted octanol–water partition coefficient (Wildman–Crippen LogP) is 2.68. The largest absolute Gasteiger partial charge is 0.299 e. The summed E-state index contributed by atoms with van der Waals surface area (Å²) in [5.74, 6) is 0. The third-order valence-electron chi connectivity index (χ3n) is 5.63. The van der Waals surface area contributed by atoms with Crippen molar-refractivity contribution in [1.82, 2.24) is 19.4 Å². The van der Waals surface area contributed by atoms with Crippen LogP contribution in [0.1, 0.15) is 64.0 Å². The molecule has 1 aliphatic heterocycles. The first-order valence-electron chi connectivity index (χ1n) is 9.80. The molecule has 0 spiro atoms. The minimum atomic E-state index is -3.50. The summed E-state index contributed by atoms with van der Waals surface area (Å²) in [5.41, 5.74) is 0.575. The van der Waals surface area contributed by atoms with Crippen LogP contribution in [0.25, 0.3) is 0 Å². The molecule has 1 N–H and O–H groups in total. The molecule has 6 nitrogen and oxygen atoms in total. The van der Waals surface area contributed by atoms with E-state index in [2.05, 4.69) is 14.7 Å². The van der Waals surface area contributed by atoms with Crippen molar-refractivity contribution in [2.24, 2.45) is 0 Å². The van der Waals surface area contributed by atoms with E-state index in [9.17, 15) is 8.42 Å². The Kier molecular flexibility index (Phi) is 6.17. The van der Waals surface area contributed by atoms with Gasteiger partial charge in [-0.1, -0.05) is 25.7 Å². The Bertz CT molecular complexity index is 663. The Morgan fingerprint density at radius 1 is 1.16 bits per heavy atom. The summed E-state index contributed by atoms with van der Waals surface area (Å²) < 4.78 is 30.2. The summed E-state index contributed by atoms with van der Waals surface area (Å²) in [5, 5.41) is 4.27. The molecule has 0 radical (unpaired) electrons. The Morgan fingerprint density at radius 3 is 2.52 bits per heavy atom. The molecule has 2 aliphatic rings. The Hall–Kier alpha value is -0.920. The maximum atomic E-state index is 12.8. The van der Waals surface area contributed by atoms with Gasteiger partial charge >= 0.3 is 0 Å². The van der Waals surface area contributed by atoms with Crippen LogP contribution in [0.2, 0.25) is 0 Å². The second kappa shape index (κ2) is 8.18. The molecule has 3 rings (SSSR count). The number of nitrogens with zero attached hydrogens (tertiary/aromatic N) is 3. The molecule has 1 atom stereocenters. The Balaban J connectivity index is 1.66. The van der Waals surface area contributed by atoms with Crippen LogP contribution in [0.15, 0.2) is 11.1 Å². The molecule has 1 aromatic rings. The molecular formula is C18H32N4O2S. The van der Waals surface area contributed by atoms with Gasteiger partial charge in [-0.2, -0.15) is 5.10 Å². The van der Waals surface area contributed by atoms with Crippen LogP contribution in [0, 0.1) is 6.92 Å². The molecule has 7 heteroatoms. The average Bonchev–Trinajstić information content (AvgIpc) is 2.80. The molecule has 1 aromatic heterocycles. The summed E-state index contributed by atoms with van der Waals surface area (Å²) in [4.78, 5) is 2.85. The number of aryl methyl sites for hydroxylation is 2. The Morgan fingerprint density at radius 2 is 1.88 bits per heavy atom. The van der Waals surface area contributed by atoms with Crippen LogP contribution in [-0.4, -0.2) is 48.3 Å². The number of likely N-dealkylation sites (tertiary alicyclic amines) is 1. The third-order valence-corrected chi connectivity index (χ3v) is 7.25. The van der Waals surface area contributed by atoms with Crippen LogP contribution in [0.4, 0.5) is 0 Å². The predicted molar refractivity (Wildman–Crippen MR) is 99.0 cm³/mol. The summed E-state index contributed by atoms with van der Waals surface area (Å²) in [6.45, 7) is 6.34. The van der Waals surface area contributed by atoms with E-state index in [1.54, 1.807) is 17.8 Å². The molecule has 0 unspecified atom stereocenters. The quantitative estimate of drug-likeness (QED) is 0.812. The zero-order valence-electron chi connectivity index (χ0n) is 15.6. The first-order chi connectivity index (χ1) is 12.0. The van der Waals surface area contributed by atoms with Crippen molar-refractivity contribution in [1.29, 1.82) is 0 Å². The molecule has 1 saturated carbocycles. The highest BCUT2D eigenvalue weighted by Gasteiger charge is 2.30. The molecule has 25 heavy (non-hydrogen) atoms. The highest BCUT2D eigenvalue weighted by atomic mass is 32.2. The summed E-state index contributed by atoms with van der Waals surface area (Å²) >= 11 is 0. The molecule has 2 heterocycles. The summed E-state index contributed by atoms with van der Waals surface area (Å²) in [6.07, 6.45) is 11.5. The number of piperidine rings is 1. The van der Waals surface area contributed by atoms with Gasteiger partial charge in [0.25, 0.3) is 0 Å². The van der Waals surface area contributed by atoms with Crippen molar-refractivity contribution < 1.29 is 8.42 Å². The molecule has 1 saturated heterocycles. The van der Waals surface area contributed by atoms with E-state index in [0.717, 1.165) is 25.9 Å². The van der Waals surface area contributed by atoms with Crippen LogP contribution >= 0.6 is 0 Å². The highest BCUT2D eigenvalue weighted by molar-refractivity contribution is 7.89. The number of rotatable bonds is 5. The van der Waals surface area contributed by atoms with Crippen LogP contribution in [-0.2, 0) is 16.6 Å². The molecule has 0 aromatic carbocycles. The normalized spacial score (nSPS) is 24.3. The molecular weight excluding hydrogens is 336 g/mol. The standard InChI is InChI=1S/C18H32N4O2S/c1-3-22-14-18(15(2)19-22)25(23,24)20-16-9-8-12-21(13-16)17-10-6-4-5-7-11-17/h14,16-17,20H,3-13H2,1-2H3/t16-/m0/s1. The second-order valence-electron chi connectivity index (χ2n) is 7.54. The lowest BCUT2D eigenvalue weighted by molar-refractivity contribution is 0.132. The molecule has 0 bridgehead atoms. The highest BCUT2D eigenvalue weighted by Crippen LogP contribution is 2.25. The lowest BCUT2D eigenvalue weighted by Gasteiger charge is -2.38. The topological polar surface area (TPSA) is 67.2 Å². The molecule has 2 fully saturated rings. The van der Waals surface area contributed by atoms with Gasteiger partial charge in [0.15, 0.2) is 0 Å². The third kappa shape index (κ3) is 4.63. The fraction of sp³-hybridized carbons (Fsp3) is 0.833. The van der Waals surface area contributed by atoms with Gasteiger partial charge < -0.3 is 0 Å². The Labute approximate surface area is 152 Å². The maximum absolute atomic E-state index is 12.8. The van der Waals surface area contributed by atoms with Gasteiger partial charge in [0.1, 0.15) is 4.90 Å².